The van der Waals surface area contributed by atoms with Gasteiger partial charge in [-0.25, -0.2) is 0 Å². The fourth-order valence-corrected chi connectivity index (χ4v) is 3.83. The van der Waals surface area contributed by atoms with E-state index in [0.717, 1.165) is 24.2 Å². The van der Waals surface area contributed by atoms with Crippen LogP contribution in [0.2, 0.25) is 0 Å². The number of hydrogen-bond acceptors (Lipinski definition) is 5. The maximum absolute atomic E-state index is 12.8. The highest BCUT2D eigenvalue weighted by Crippen LogP contribution is 2.35. The van der Waals surface area contributed by atoms with Gasteiger partial charge in [-0.1, -0.05) is 30.3 Å². The van der Waals surface area contributed by atoms with Gasteiger partial charge in [0.05, 0.1) is 25.0 Å². The molecular formula is C27H28N2O5. The third-order valence-electron chi connectivity index (χ3n) is 5.64. The average molecular weight is 461 g/mol. The topological polar surface area (TPSA) is 77.1 Å². The van der Waals surface area contributed by atoms with E-state index in [1.807, 2.05) is 31.2 Å². The summed E-state index contributed by atoms with van der Waals surface area (Å²) >= 11 is 0. The number of aryl methyl sites for hydroxylation is 1. The zero-order valence-electron chi connectivity index (χ0n) is 19.4. The van der Waals surface area contributed by atoms with Gasteiger partial charge in [0.2, 0.25) is 0 Å². The fourth-order valence-electron chi connectivity index (χ4n) is 3.83. The Labute approximate surface area is 199 Å². The minimum absolute atomic E-state index is 0.000367. The van der Waals surface area contributed by atoms with Gasteiger partial charge in [0, 0.05) is 12.2 Å². The molecule has 7 nitrogen and oxygen atoms in total. The number of nitrogens with one attached hydrogen (secondary N) is 1. The standard InChI is InChI=1S/C27H28N2O5/c1-19-9-3-5-11-23(19)33-16-8-7-15-29-22-17-20(13-14-25(22)34-18-26(29)30)28-27(31)21-10-4-6-12-24(21)32-2/h3-6,9-14,17H,7-8,15-16,18H2,1-2H3,(H,28,31). The first-order chi connectivity index (χ1) is 16.6. The van der Waals surface area contributed by atoms with Crippen LogP contribution >= 0.6 is 0 Å². The molecule has 0 aromatic heterocycles. The highest BCUT2D eigenvalue weighted by molar-refractivity contribution is 6.07. The third-order valence-corrected chi connectivity index (χ3v) is 5.64. The summed E-state index contributed by atoms with van der Waals surface area (Å²) in [4.78, 5) is 27.1. The lowest BCUT2D eigenvalue weighted by Gasteiger charge is -2.30. The van der Waals surface area contributed by atoms with E-state index in [0.29, 0.717) is 41.6 Å². The second-order valence-corrected chi connectivity index (χ2v) is 7.99. The summed E-state index contributed by atoms with van der Waals surface area (Å²) in [7, 11) is 1.53. The molecule has 34 heavy (non-hydrogen) atoms. The van der Waals surface area contributed by atoms with Crippen LogP contribution in [0.25, 0.3) is 0 Å². The summed E-state index contributed by atoms with van der Waals surface area (Å²) in [5.41, 5.74) is 2.75. The fraction of sp³-hybridized carbons (Fsp3) is 0.259. The number of fused-ring (bicyclic) bond motifs is 1. The average Bonchev–Trinajstić information content (AvgIpc) is 2.86. The van der Waals surface area contributed by atoms with Gasteiger partial charge in [-0.15, -0.1) is 0 Å². The Bertz CT molecular complexity index is 1180. The Morgan fingerprint density at radius 1 is 1.03 bits per heavy atom. The molecule has 0 saturated heterocycles. The first-order valence-corrected chi connectivity index (χ1v) is 11.3. The number of para-hydroxylation sites is 2. The van der Waals surface area contributed by atoms with E-state index in [4.69, 9.17) is 14.2 Å². The molecule has 7 heteroatoms. The second kappa shape index (κ2) is 10.7. The summed E-state index contributed by atoms with van der Waals surface area (Å²) < 4.78 is 16.7. The van der Waals surface area contributed by atoms with Crippen LogP contribution in [0.5, 0.6) is 17.2 Å². The van der Waals surface area contributed by atoms with Gasteiger partial charge < -0.3 is 24.4 Å². The van der Waals surface area contributed by atoms with Crippen molar-refractivity contribution in [1.82, 2.24) is 0 Å². The van der Waals surface area contributed by atoms with Crippen LogP contribution in [-0.4, -0.2) is 38.7 Å². The monoisotopic (exact) mass is 460 g/mol. The Kier molecular flexibility index (Phi) is 7.32. The van der Waals surface area contributed by atoms with Gasteiger partial charge >= 0.3 is 0 Å². The summed E-state index contributed by atoms with van der Waals surface area (Å²) in [5, 5.41) is 2.89. The SMILES string of the molecule is COc1ccccc1C(=O)Nc1ccc2c(c1)N(CCCCOc1ccccc1C)C(=O)CO2. The van der Waals surface area contributed by atoms with Crippen molar-refractivity contribution in [3.63, 3.8) is 0 Å². The van der Waals surface area contributed by atoms with E-state index in [9.17, 15) is 9.59 Å². The lowest BCUT2D eigenvalue weighted by Crippen LogP contribution is -2.39. The van der Waals surface area contributed by atoms with E-state index in [2.05, 4.69) is 5.32 Å². The molecule has 1 N–H and O–H groups in total. The molecule has 0 spiro atoms. The molecule has 0 atom stereocenters. The molecule has 4 rings (SSSR count). The molecule has 0 bridgehead atoms. The molecule has 0 saturated carbocycles. The first kappa shape index (κ1) is 23.2. The minimum Gasteiger partial charge on any atom is -0.496 e. The number of unbranched alkanes of at least 4 members (excludes halogenated alkanes) is 1. The molecule has 0 unspecified atom stereocenters. The highest BCUT2D eigenvalue weighted by Gasteiger charge is 2.26. The predicted molar refractivity (Wildman–Crippen MR) is 131 cm³/mol. The Hall–Kier alpha value is -4.00. The number of rotatable bonds is 9. The van der Waals surface area contributed by atoms with Crippen molar-refractivity contribution in [2.24, 2.45) is 0 Å². The van der Waals surface area contributed by atoms with Gasteiger partial charge in [-0.2, -0.15) is 0 Å². The predicted octanol–water partition coefficient (Wildman–Crippen LogP) is 4.84. The number of ether oxygens (including phenoxy) is 3. The van der Waals surface area contributed by atoms with Gasteiger partial charge in [-0.3, -0.25) is 9.59 Å². The Morgan fingerprint density at radius 3 is 2.59 bits per heavy atom. The molecular weight excluding hydrogens is 432 g/mol. The number of nitrogens with zero attached hydrogens (tertiary/aromatic N) is 1. The van der Waals surface area contributed by atoms with Crippen molar-refractivity contribution >= 4 is 23.2 Å². The molecule has 1 heterocycles. The summed E-state index contributed by atoms with van der Waals surface area (Å²) in [5.74, 6) is 1.59. The lowest BCUT2D eigenvalue weighted by atomic mass is 10.1. The van der Waals surface area contributed by atoms with E-state index >= 15 is 0 Å². The molecule has 0 fully saturated rings. The van der Waals surface area contributed by atoms with Crippen molar-refractivity contribution in [3.05, 3.63) is 77.9 Å². The molecule has 3 aromatic rings. The van der Waals surface area contributed by atoms with Crippen LogP contribution in [0.4, 0.5) is 11.4 Å². The van der Waals surface area contributed by atoms with Gasteiger partial charge in [-0.05, 0) is 61.7 Å². The zero-order valence-corrected chi connectivity index (χ0v) is 19.4. The van der Waals surface area contributed by atoms with E-state index in [-0.39, 0.29) is 18.4 Å². The van der Waals surface area contributed by atoms with Crippen LogP contribution in [-0.2, 0) is 4.79 Å². The normalized spacial score (nSPS) is 12.5. The van der Waals surface area contributed by atoms with Gasteiger partial charge in [0.1, 0.15) is 17.2 Å². The first-order valence-electron chi connectivity index (χ1n) is 11.3. The molecule has 2 amide bonds. The minimum atomic E-state index is -0.291. The summed E-state index contributed by atoms with van der Waals surface area (Å²) in [6.07, 6.45) is 1.58. The molecule has 0 aliphatic carbocycles. The van der Waals surface area contributed by atoms with Crippen LogP contribution < -0.4 is 24.4 Å². The van der Waals surface area contributed by atoms with Crippen LogP contribution in [0.1, 0.15) is 28.8 Å². The van der Waals surface area contributed by atoms with E-state index in [1.165, 1.54) is 7.11 Å². The number of benzene rings is 3. The highest BCUT2D eigenvalue weighted by atomic mass is 16.5. The molecule has 0 radical (unpaired) electrons. The quantitative estimate of drug-likeness (QED) is 0.463. The Morgan fingerprint density at radius 2 is 1.79 bits per heavy atom. The van der Waals surface area contributed by atoms with Gasteiger partial charge in [0.15, 0.2) is 6.61 Å². The number of amides is 2. The summed E-state index contributed by atoms with van der Waals surface area (Å²) in [6, 6.07) is 20.2. The summed E-state index contributed by atoms with van der Waals surface area (Å²) in [6.45, 7) is 3.13. The molecule has 1 aliphatic rings. The van der Waals surface area contributed by atoms with Crippen LogP contribution in [0.15, 0.2) is 66.7 Å². The zero-order chi connectivity index (χ0) is 23.9. The van der Waals surface area contributed by atoms with Crippen molar-refractivity contribution in [2.45, 2.75) is 19.8 Å². The lowest BCUT2D eigenvalue weighted by molar-refractivity contribution is -0.121. The number of hydrogen-bond donors (Lipinski definition) is 1. The maximum atomic E-state index is 12.8. The number of anilines is 2. The number of carbonyl (C=O) groups is 2. The van der Waals surface area contributed by atoms with Crippen molar-refractivity contribution in [3.8, 4) is 17.2 Å². The van der Waals surface area contributed by atoms with Crippen molar-refractivity contribution in [1.29, 1.82) is 0 Å². The van der Waals surface area contributed by atoms with Crippen LogP contribution in [0, 0.1) is 6.92 Å². The molecule has 1 aliphatic heterocycles. The smallest absolute Gasteiger partial charge is 0.265 e. The van der Waals surface area contributed by atoms with Crippen LogP contribution in [0.3, 0.4) is 0 Å². The van der Waals surface area contributed by atoms with E-state index in [1.54, 1.807) is 47.4 Å². The van der Waals surface area contributed by atoms with Crippen molar-refractivity contribution < 1.29 is 23.8 Å². The van der Waals surface area contributed by atoms with Crippen molar-refractivity contribution in [2.75, 3.05) is 37.1 Å². The third kappa shape index (κ3) is 5.31. The molecule has 3 aromatic carbocycles. The number of carbonyl (C=O) groups excluding carboxylic acids is 2. The maximum Gasteiger partial charge on any atom is 0.265 e. The largest absolute Gasteiger partial charge is 0.496 e. The Balaban J connectivity index is 1.40. The van der Waals surface area contributed by atoms with E-state index < -0.39 is 0 Å². The molecule has 176 valence electrons. The number of methoxy groups -OCH3 is 1. The van der Waals surface area contributed by atoms with Gasteiger partial charge in [0.25, 0.3) is 11.8 Å². The second-order valence-electron chi connectivity index (χ2n) is 7.99.